The predicted octanol–water partition coefficient (Wildman–Crippen LogP) is 2.61. The van der Waals surface area contributed by atoms with Crippen LogP contribution in [0.15, 0.2) is 18.3 Å². The monoisotopic (exact) mass is 276 g/mol. The highest BCUT2D eigenvalue weighted by Crippen LogP contribution is 2.17. The molecule has 102 valence electrons. The van der Waals surface area contributed by atoms with Gasteiger partial charge in [-0.25, -0.2) is 8.78 Å². The first kappa shape index (κ1) is 15.3. The van der Waals surface area contributed by atoms with Crippen molar-refractivity contribution < 1.29 is 13.3 Å². The molecule has 0 aliphatic heterocycles. The summed E-state index contributed by atoms with van der Waals surface area (Å²) in [6.45, 7) is 6.10. The van der Waals surface area contributed by atoms with Crippen LogP contribution in [0.1, 0.15) is 38.5 Å². The van der Waals surface area contributed by atoms with Crippen molar-refractivity contribution in [1.29, 1.82) is 0 Å². The van der Waals surface area contributed by atoms with Crippen LogP contribution in [0.5, 0.6) is 0 Å². The molecule has 0 aliphatic carbocycles. The number of alkyl halides is 2. The molecule has 1 heterocycles. The Morgan fingerprint density at radius 2 is 2.11 bits per heavy atom. The van der Waals surface area contributed by atoms with Crippen LogP contribution in [-0.4, -0.2) is 20.8 Å². The van der Waals surface area contributed by atoms with E-state index in [1.54, 1.807) is 6.07 Å². The summed E-state index contributed by atoms with van der Waals surface area (Å²) < 4.78 is 39.1. The molecule has 0 saturated carbocycles. The second-order valence-corrected chi connectivity index (χ2v) is 6.97. The molecule has 1 atom stereocenters. The zero-order chi connectivity index (χ0) is 13.8. The first-order chi connectivity index (χ1) is 8.30. The lowest BCUT2D eigenvalue weighted by Gasteiger charge is -2.23. The molecule has 0 bridgehead atoms. The minimum atomic E-state index is -2.55. The van der Waals surface area contributed by atoms with Gasteiger partial charge in [0.15, 0.2) is 0 Å². The van der Waals surface area contributed by atoms with Crippen molar-refractivity contribution in [3.8, 4) is 0 Å². The Kier molecular flexibility index (Phi) is 5.49. The Labute approximate surface area is 109 Å². The largest absolute Gasteiger partial charge is 0.598 e. The minimum absolute atomic E-state index is 0.218. The minimum Gasteiger partial charge on any atom is -0.598 e. The summed E-state index contributed by atoms with van der Waals surface area (Å²) in [5, 5.41) is 0. The van der Waals surface area contributed by atoms with E-state index in [-0.39, 0.29) is 10.4 Å². The number of hydrogen-bond acceptors (Lipinski definition) is 3. The van der Waals surface area contributed by atoms with Gasteiger partial charge in [0.25, 0.3) is 6.43 Å². The molecule has 0 amide bonds. The second-order valence-electron chi connectivity index (χ2n) is 4.92. The Hall–Kier alpha value is -0.720. The Morgan fingerprint density at radius 1 is 1.44 bits per heavy atom. The molecule has 0 fully saturated rings. The summed E-state index contributed by atoms with van der Waals surface area (Å²) in [7, 11) is 0. The highest BCUT2D eigenvalue weighted by Gasteiger charge is 2.25. The molecular weight excluding hydrogens is 258 g/mol. The van der Waals surface area contributed by atoms with Crippen molar-refractivity contribution in [3.05, 3.63) is 29.6 Å². The van der Waals surface area contributed by atoms with E-state index in [0.29, 0.717) is 13.0 Å². The molecule has 0 unspecified atom stereocenters. The van der Waals surface area contributed by atoms with E-state index in [2.05, 4.69) is 9.71 Å². The quantitative estimate of drug-likeness (QED) is 0.841. The summed E-state index contributed by atoms with van der Waals surface area (Å²) >= 11 is -1.14. The zero-order valence-electron chi connectivity index (χ0n) is 10.7. The van der Waals surface area contributed by atoms with Gasteiger partial charge in [-0.1, -0.05) is 0 Å². The highest BCUT2D eigenvalue weighted by atomic mass is 32.2. The normalized spacial score (nSPS) is 13.9. The molecule has 0 aromatic carbocycles. The van der Waals surface area contributed by atoms with Crippen molar-refractivity contribution in [2.45, 2.75) is 38.4 Å². The standard InChI is InChI=1S/C12H18F2N2OS/c1-12(2,3)18(17)16-7-5-9-4-6-15-10(8-9)11(13)14/h4,6,8,11,16H,5,7H2,1-3H3/t18-/m1/s1. The topological polar surface area (TPSA) is 48.0 Å². The van der Waals surface area contributed by atoms with Gasteiger partial charge in [-0.2, -0.15) is 0 Å². The maximum atomic E-state index is 12.4. The fraction of sp³-hybridized carbons (Fsp3) is 0.583. The fourth-order valence-electron chi connectivity index (χ4n) is 1.27. The molecule has 1 N–H and O–H groups in total. The van der Waals surface area contributed by atoms with Gasteiger partial charge in [-0.15, -0.1) is 4.72 Å². The Bertz CT molecular complexity index is 383. The molecular formula is C12H18F2N2OS. The van der Waals surface area contributed by atoms with Crippen LogP contribution in [-0.2, 0) is 17.8 Å². The molecule has 0 spiro atoms. The molecule has 1 aromatic heterocycles. The molecule has 0 saturated heterocycles. The maximum Gasteiger partial charge on any atom is 0.280 e. The van der Waals surface area contributed by atoms with Gasteiger partial charge in [0.05, 0.1) is 0 Å². The Balaban J connectivity index is 2.47. The number of aromatic nitrogens is 1. The first-order valence-corrected chi connectivity index (χ1v) is 6.84. The zero-order valence-corrected chi connectivity index (χ0v) is 11.6. The van der Waals surface area contributed by atoms with Crippen LogP contribution in [0.3, 0.4) is 0 Å². The van der Waals surface area contributed by atoms with E-state index in [1.807, 2.05) is 20.8 Å². The van der Waals surface area contributed by atoms with Gasteiger partial charge in [0.2, 0.25) is 0 Å². The lowest BCUT2D eigenvalue weighted by Crippen LogP contribution is -2.40. The number of halogens is 2. The van der Waals surface area contributed by atoms with Gasteiger partial charge < -0.3 is 4.55 Å². The summed E-state index contributed by atoms with van der Waals surface area (Å²) in [6, 6.07) is 3.07. The van der Waals surface area contributed by atoms with Gasteiger partial charge in [0.1, 0.15) is 10.4 Å². The van der Waals surface area contributed by atoms with Crippen LogP contribution in [0.25, 0.3) is 0 Å². The number of nitrogens with zero attached hydrogens (tertiary/aromatic N) is 1. The van der Waals surface area contributed by atoms with Crippen molar-refractivity contribution >= 4 is 11.4 Å². The van der Waals surface area contributed by atoms with Crippen molar-refractivity contribution in [2.75, 3.05) is 6.54 Å². The first-order valence-electron chi connectivity index (χ1n) is 5.69. The average Bonchev–Trinajstić information content (AvgIpc) is 2.28. The van der Waals surface area contributed by atoms with E-state index in [4.69, 9.17) is 0 Å². The van der Waals surface area contributed by atoms with E-state index >= 15 is 0 Å². The number of rotatable bonds is 5. The van der Waals surface area contributed by atoms with Crippen LogP contribution in [0.2, 0.25) is 0 Å². The summed E-state index contributed by atoms with van der Waals surface area (Å²) in [4.78, 5) is 3.59. The van der Waals surface area contributed by atoms with Gasteiger partial charge in [0, 0.05) is 24.1 Å². The van der Waals surface area contributed by atoms with Gasteiger partial charge in [-0.3, -0.25) is 4.98 Å². The average molecular weight is 276 g/mol. The highest BCUT2D eigenvalue weighted by molar-refractivity contribution is 7.90. The van der Waals surface area contributed by atoms with Gasteiger partial charge in [-0.05, 0) is 44.9 Å². The molecule has 6 heteroatoms. The second kappa shape index (κ2) is 6.45. The summed E-state index contributed by atoms with van der Waals surface area (Å²) in [6.07, 6.45) is -0.636. The van der Waals surface area contributed by atoms with E-state index in [9.17, 15) is 13.3 Å². The molecule has 0 radical (unpaired) electrons. The molecule has 3 nitrogen and oxygen atoms in total. The third-order valence-corrected chi connectivity index (χ3v) is 3.85. The fourth-order valence-corrected chi connectivity index (χ4v) is 1.99. The number of pyridine rings is 1. The molecule has 1 rings (SSSR count). The van der Waals surface area contributed by atoms with E-state index in [0.717, 1.165) is 5.56 Å². The summed E-state index contributed by atoms with van der Waals surface area (Å²) in [5.41, 5.74) is 0.545. The van der Waals surface area contributed by atoms with Gasteiger partial charge >= 0.3 is 0 Å². The van der Waals surface area contributed by atoms with E-state index in [1.165, 1.54) is 12.3 Å². The van der Waals surface area contributed by atoms with Crippen LogP contribution in [0, 0.1) is 0 Å². The van der Waals surface area contributed by atoms with Crippen molar-refractivity contribution in [2.24, 2.45) is 0 Å². The van der Waals surface area contributed by atoms with Crippen molar-refractivity contribution in [3.63, 3.8) is 0 Å². The van der Waals surface area contributed by atoms with E-state index < -0.39 is 17.8 Å². The van der Waals surface area contributed by atoms with Crippen LogP contribution in [0.4, 0.5) is 8.78 Å². The Morgan fingerprint density at radius 3 is 2.67 bits per heavy atom. The maximum absolute atomic E-state index is 12.4. The predicted molar refractivity (Wildman–Crippen MR) is 68.8 cm³/mol. The smallest absolute Gasteiger partial charge is 0.280 e. The lowest BCUT2D eigenvalue weighted by molar-refractivity contribution is 0.146. The molecule has 0 aliphatic rings. The summed E-state index contributed by atoms with van der Waals surface area (Å²) in [5.74, 6) is 0. The molecule has 18 heavy (non-hydrogen) atoms. The lowest BCUT2D eigenvalue weighted by atomic mass is 10.2. The molecule has 1 aromatic rings. The SMILES string of the molecule is CC(C)(C)[S@@+]([O-])NCCc1ccnc(C(F)F)c1. The van der Waals surface area contributed by atoms with Crippen molar-refractivity contribution in [1.82, 2.24) is 9.71 Å². The van der Waals surface area contributed by atoms with Crippen LogP contribution < -0.4 is 4.72 Å². The number of nitrogens with one attached hydrogen (secondary N) is 1. The van der Waals surface area contributed by atoms with Crippen LogP contribution >= 0.6 is 0 Å². The third kappa shape index (κ3) is 4.88. The number of hydrogen-bond donors (Lipinski definition) is 1. The third-order valence-electron chi connectivity index (χ3n) is 2.27.